The number of allylic oxidation sites excluding steroid dienone is 9. The number of hydrogen-bond donors (Lipinski definition) is 1. The van der Waals surface area contributed by atoms with Crippen molar-refractivity contribution in [3.05, 3.63) is 95.1 Å². The van der Waals surface area contributed by atoms with Gasteiger partial charge in [0.15, 0.2) is 6.23 Å². The largest absolute Gasteiger partial charge is 0.345 e. The van der Waals surface area contributed by atoms with Gasteiger partial charge in [-0.3, -0.25) is 4.79 Å². The first-order chi connectivity index (χ1) is 17.9. The molecule has 37 heavy (non-hydrogen) atoms. The van der Waals surface area contributed by atoms with Gasteiger partial charge in [0.05, 0.1) is 17.4 Å². The van der Waals surface area contributed by atoms with Gasteiger partial charge in [-0.1, -0.05) is 46.8 Å². The van der Waals surface area contributed by atoms with Crippen LogP contribution in [0, 0.1) is 0 Å². The van der Waals surface area contributed by atoms with E-state index in [-0.39, 0.29) is 18.9 Å². The van der Waals surface area contributed by atoms with Crippen LogP contribution in [-0.4, -0.2) is 49.9 Å². The minimum Gasteiger partial charge on any atom is -0.345 e. The van der Waals surface area contributed by atoms with E-state index in [0.29, 0.717) is 18.7 Å². The maximum Gasteiger partial charge on any atom is 0.250 e. The zero-order chi connectivity index (χ0) is 25.9. The lowest BCUT2D eigenvalue weighted by Gasteiger charge is -2.23. The van der Waals surface area contributed by atoms with E-state index in [0.717, 1.165) is 37.9 Å². The number of carbonyl (C=O) groups is 1. The highest BCUT2D eigenvalue weighted by Crippen LogP contribution is 2.35. The molecule has 7 nitrogen and oxygen atoms in total. The fourth-order valence-corrected chi connectivity index (χ4v) is 4.56. The SMILES string of the molecule is C=C/C(Br)=C\C=C(/C)n1cc(C2OCC(=O)N2CCc2ccc3nc[nH]c3c2)c(C2=CCC(F)C=C2)n1. The summed E-state index contributed by atoms with van der Waals surface area (Å²) in [7, 11) is 0. The summed E-state index contributed by atoms with van der Waals surface area (Å²) in [6, 6.07) is 6.05. The molecule has 0 saturated carbocycles. The molecular weight excluding hydrogens is 537 g/mol. The third-order valence-corrected chi connectivity index (χ3v) is 7.05. The van der Waals surface area contributed by atoms with Crippen LogP contribution in [0.3, 0.4) is 0 Å². The van der Waals surface area contributed by atoms with E-state index in [4.69, 9.17) is 9.84 Å². The molecule has 0 bridgehead atoms. The number of aromatic amines is 1. The lowest BCUT2D eigenvalue weighted by Crippen LogP contribution is -2.31. The second-order valence-corrected chi connectivity index (χ2v) is 9.88. The molecule has 0 radical (unpaired) electrons. The van der Waals surface area contributed by atoms with Crippen LogP contribution < -0.4 is 0 Å². The highest BCUT2D eigenvalue weighted by molar-refractivity contribution is 9.11. The summed E-state index contributed by atoms with van der Waals surface area (Å²) in [4.78, 5) is 22.0. The quantitative estimate of drug-likeness (QED) is 0.348. The summed E-state index contributed by atoms with van der Waals surface area (Å²) in [5.41, 5.74) is 6.07. The molecule has 1 fully saturated rings. The predicted molar refractivity (Wildman–Crippen MR) is 146 cm³/mol. The number of amides is 1. The Hall–Kier alpha value is -3.56. The summed E-state index contributed by atoms with van der Waals surface area (Å²) in [5.74, 6) is -0.0755. The minimum atomic E-state index is -1.01. The number of ether oxygens (including phenoxy) is 1. The summed E-state index contributed by atoms with van der Waals surface area (Å²) < 4.78 is 22.4. The third kappa shape index (κ3) is 5.42. The average molecular weight is 564 g/mol. The second-order valence-electron chi connectivity index (χ2n) is 8.97. The van der Waals surface area contributed by atoms with Crippen LogP contribution in [0.2, 0.25) is 0 Å². The van der Waals surface area contributed by atoms with Crippen LogP contribution in [0.4, 0.5) is 4.39 Å². The second kappa shape index (κ2) is 10.8. The van der Waals surface area contributed by atoms with Crippen molar-refractivity contribution < 1.29 is 13.9 Å². The molecule has 2 aliphatic rings. The Labute approximate surface area is 222 Å². The summed E-state index contributed by atoms with van der Waals surface area (Å²) in [6.45, 7) is 6.17. The number of alkyl halides is 1. The number of H-pyrrole nitrogens is 1. The molecule has 5 rings (SSSR count). The first kappa shape index (κ1) is 25.1. The molecule has 2 unspecified atom stereocenters. The fraction of sp³-hybridized carbons (Fsp3) is 0.250. The molecule has 1 amide bonds. The number of halogens is 2. The number of imidazole rings is 1. The Morgan fingerprint density at radius 1 is 1.38 bits per heavy atom. The molecule has 1 saturated heterocycles. The molecule has 0 spiro atoms. The van der Waals surface area contributed by atoms with Crippen LogP contribution in [0.15, 0.2) is 78.2 Å². The van der Waals surface area contributed by atoms with E-state index in [9.17, 15) is 9.18 Å². The maximum absolute atomic E-state index is 13.8. The van der Waals surface area contributed by atoms with Gasteiger partial charge >= 0.3 is 0 Å². The van der Waals surface area contributed by atoms with Crippen molar-refractivity contribution in [2.24, 2.45) is 0 Å². The predicted octanol–water partition coefficient (Wildman–Crippen LogP) is 5.87. The van der Waals surface area contributed by atoms with Gasteiger partial charge in [0.25, 0.3) is 5.91 Å². The molecule has 9 heteroatoms. The highest BCUT2D eigenvalue weighted by Gasteiger charge is 2.36. The average Bonchev–Trinajstić information content (AvgIpc) is 3.64. The molecule has 3 heterocycles. The number of nitrogens with zero attached hydrogens (tertiary/aromatic N) is 4. The summed E-state index contributed by atoms with van der Waals surface area (Å²) in [5, 5.41) is 4.82. The Morgan fingerprint density at radius 2 is 2.24 bits per heavy atom. The molecule has 2 atom stereocenters. The zero-order valence-electron chi connectivity index (χ0n) is 20.4. The van der Waals surface area contributed by atoms with E-state index in [1.54, 1.807) is 28.1 Å². The van der Waals surface area contributed by atoms with Crippen molar-refractivity contribution in [1.29, 1.82) is 0 Å². The van der Waals surface area contributed by atoms with Crippen molar-refractivity contribution in [2.75, 3.05) is 13.2 Å². The van der Waals surface area contributed by atoms with Gasteiger partial charge < -0.3 is 14.6 Å². The van der Waals surface area contributed by atoms with Gasteiger partial charge in [-0.05, 0) is 54.8 Å². The van der Waals surface area contributed by atoms with E-state index < -0.39 is 12.4 Å². The van der Waals surface area contributed by atoms with Crippen LogP contribution in [0.5, 0.6) is 0 Å². The molecule has 2 aromatic heterocycles. The molecule has 1 aliphatic heterocycles. The Balaban J connectivity index is 1.46. The smallest absolute Gasteiger partial charge is 0.250 e. The lowest BCUT2D eigenvalue weighted by atomic mass is 10.00. The Kier molecular flexibility index (Phi) is 7.34. The van der Waals surface area contributed by atoms with Crippen LogP contribution in [-0.2, 0) is 16.0 Å². The standard InChI is InChI=1S/C28H27BrFN5O2/c1-3-21(29)8-4-18(2)35-15-23(27(33-35)20-6-9-22(30)10-7-20)28-34(26(36)16-37-28)13-12-19-5-11-24-25(14-19)32-17-31-24/h3-9,11,14-15,17,22,28H,1,10,12-13,16H2,2H3,(H,31,32)/b18-4+,21-8+. The number of nitrogens with one attached hydrogen (secondary N) is 1. The van der Waals surface area contributed by atoms with Gasteiger partial charge in [0.2, 0.25) is 0 Å². The highest BCUT2D eigenvalue weighted by atomic mass is 79.9. The number of aromatic nitrogens is 4. The normalized spacial score (nSPS) is 20.7. The van der Waals surface area contributed by atoms with Crippen LogP contribution in [0.25, 0.3) is 22.3 Å². The summed E-state index contributed by atoms with van der Waals surface area (Å²) >= 11 is 3.43. The Morgan fingerprint density at radius 3 is 3.03 bits per heavy atom. The number of benzene rings is 1. The minimum absolute atomic E-state index is 0.000151. The first-order valence-corrected chi connectivity index (χ1v) is 12.8. The van der Waals surface area contributed by atoms with Crippen molar-refractivity contribution in [3.8, 4) is 0 Å². The van der Waals surface area contributed by atoms with Crippen molar-refractivity contribution in [1.82, 2.24) is 24.6 Å². The number of carbonyl (C=O) groups excluding carboxylic acids is 1. The van der Waals surface area contributed by atoms with E-state index in [1.807, 2.05) is 43.5 Å². The molecule has 190 valence electrons. The van der Waals surface area contributed by atoms with Gasteiger partial charge in [-0.25, -0.2) is 14.1 Å². The monoisotopic (exact) mass is 563 g/mol. The van der Waals surface area contributed by atoms with Crippen molar-refractivity contribution in [2.45, 2.75) is 32.2 Å². The fourth-order valence-electron chi connectivity index (χ4n) is 4.43. The maximum atomic E-state index is 13.8. The molecule has 1 N–H and O–H groups in total. The topological polar surface area (TPSA) is 76.0 Å². The third-order valence-electron chi connectivity index (χ3n) is 6.46. The van der Waals surface area contributed by atoms with Crippen LogP contribution >= 0.6 is 15.9 Å². The van der Waals surface area contributed by atoms with E-state index >= 15 is 0 Å². The molecule has 1 aromatic carbocycles. The van der Waals surface area contributed by atoms with Crippen LogP contribution in [0.1, 0.15) is 36.4 Å². The van der Waals surface area contributed by atoms with Gasteiger partial charge in [-0.2, -0.15) is 5.10 Å². The first-order valence-electron chi connectivity index (χ1n) is 12.1. The van der Waals surface area contributed by atoms with Crippen molar-refractivity contribution in [3.63, 3.8) is 0 Å². The number of rotatable bonds is 8. The van der Waals surface area contributed by atoms with Gasteiger partial charge in [-0.15, -0.1) is 0 Å². The summed E-state index contributed by atoms with van der Waals surface area (Å²) in [6.07, 6.45) is 13.5. The molecule has 3 aromatic rings. The van der Waals surface area contributed by atoms with E-state index in [1.165, 1.54) is 6.08 Å². The number of fused-ring (bicyclic) bond motifs is 1. The molecular formula is C28H27BrFN5O2. The Bertz CT molecular complexity index is 1460. The molecule has 1 aliphatic carbocycles. The van der Waals surface area contributed by atoms with Gasteiger partial charge in [0, 0.05) is 34.9 Å². The number of hydrogen-bond acceptors (Lipinski definition) is 4. The zero-order valence-corrected chi connectivity index (χ0v) is 22.0. The van der Waals surface area contributed by atoms with Gasteiger partial charge in [0.1, 0.15) is 18.5 Å². The van der Waals surface area contributed by atoms with Crippen molar-refractivity contribution >= 4 is 44.1 Å². The lowest BCUT2D eigenvalue weighted by molar-refractivity contribution is -0.128. The van der Waals surface area contributed by atoms with E-state index in [2.05, 4.69) is 38.5 Å².